The second kappa shape index (κ2) is 11.9. The summed E-state index contributed by atoms with van der Waals surface area (Å²) in [6.45, 7) is 0.606. The van der Waals surface area contributed by atoms with Gasteiger partial charge in [0.2, 0.25) is 5.91 Å². The first-order valence-electron chi connectivity index (χ1n) is 10.8. The van der Waals surface area contributed by atoms with E-state index in [1.165, 1.54) is 49.6 Å². The molecule has 1 aliphatic carbocycles. The van der Waals surface area contributed by atoms with Gasteiger partial charge in [-0.05, 0) is 49.6 Å². The smallest absolute Gasteiger partial charge is 0.264 e. The summed E-state index contributed by atoms with van der Waals surface area (Å²) in [5.41, 5.74) is 0.263. The maximum atomic E-state index is 13.3. The number of nitrogens with zero attached hydrogens (tertiary/aromatic N) is 1. The van der Waals surface area contributed by atoms with Gasteiger partial charge in [0.25, 0.3) is 10.0 Å². The third-order valence-corrected chi connectivity index (χ3v) is 7.89. The van der Waals surface area contributed by atoms with Crippen LogP contribution in [0, 0.1) is 0 Å². The lowest BCUT2D eigenvalue weighted by Gasteiger charge is -2.24. The zero-order chi connectivity index (χ0) is 23.0. The summed E-state index contributed by atoms with van der Waals surface area (Å²) in [5, 5.41) is 3.29. The zero-order valence-corrected chi connectivity index (χ0v) is 20.1. The molecular formula is C23H28Cl2N2O4S. The van der Waals surface area contributed by atoms with E-state index in [1.54, 1.807) is 18.2 Å². The van der Waals surface area contributed by atoms with E-state index in [1.807, 2.05) is 0 Å². The van der Waals surface area contributed by atoms with Crippen LogP contribution in [0.5, 0.6) is 0 Å². The maximum Gasteiger partial charge on any atom is 0.264 e. The minimum atomic E-state index is -3.98. The van der Waals surface area contributed by atoms with Crippen molar-refractivity contribution in [2.24, 2.45) is 0 Å². The first kappa shape index (κ1) is 24.8. The summed E-state index contributed by atoms with van der Waals surface area (Å²) in [6.07, 6.45) is 6.88. The molecule has 2 aromatic carbocycles. The van der Waals surface area contributed by atoms with E-state index < -0.39 is 15.9 Å². The maximum absolute atomic E-state index is 13.3. The van der Waals surface area contributed by atoms with Crippen LogP contribution in [-0.4, -0.2) is 40.1 Å². The Balaban J connectivity index is 1.63. The van der Waals surface area contributed by atoms with Crippen molar-refractivity contribution in [1.29, 1.82) is 0 Å². The van der Waals surface area contributed by atoms with Crippen molar-refractivity contribution in [1.82, 2.24) is 5.32 Å². The van der Waals surface area contributed by atoms with E-state index in [9.17, 15) is 13.2 Å². The van der Waals surface area contributed by atoms with E-state index in [4.69, 9.17) is 27.9 Å². The highest BCUT2D eigenvalue weighted by Gasteiger charge is 2.27. The minimum Gasteiger partial charge on any atom is -0.378 e. The molecule has 2 aromatic rings. The average Bonchev–Trinajstić information content (AvgIpc) is 2.80. The number of rotatable bonds is 10. The number of anilines is 1. The predicted octanol–water partition coefficient (Wildman–Crippen LogP) is 5.04. The van der Waals surface area contributed by atoms with Gasteiger partial charge in [0.1, 0.15) is 6.54 Å². The van der Waals surface area contributed by atoms with Gasteiger partial charge in [-0.25, -0.2) is 8.42 Å². The van der Waals surface area contributed by atoms with E-state index in [2.05, 4.69) is 5.32 Å². The van der Waals surface area contributed by atoms with E-state index in [0.29, 0.717) is 30.7 Å². The summed E-state index contributed by atoms with van der Waals surface area (Å²) in [7, 11) is -3.98. The highest BCUT2D eigenvalue weighted by Crippen LogP contribution is 2.30. The highest BCUT2D eigenvalue weighted by atomic mass is 35.5. The van der Waals surface area contributed by atoms with Crippen LogP contribution in [-0.2, 0) is 19.6 Å². The lowest BCUT2D eigenvalue weighted by Crippen LogP contribution is -2.41. The molecule has 6 nitrogen and oxygen atoms in total. The molecule has 0 saturated heterocycles. The van der Waals surface area contributed by atoms with E-state index in [-0.39, 0.29) is 22.2 Å². The molecule has 1 aliphatic rings. The first-order valence-corrected chi connectivity index (χ1v) is 13.0. The van der Waals surface area contributed by atoms with E-state index in [0.717, 1.165) is 17.1 Å². The Morgan fingerprint density at radius 2 is 1.75 bits per heavy atom. The molecule has 1 amide bonds. The molecule has 0 atom stereocenters. The number of nitrogens with one attached hydrogen (secondary N) is 1. The number of sulfonamides is 1. The molecule has 0 unspecified atom stereocenters. The van der Waals surface area contributed by atoms with Gasteiger partial charge < -0.3 is 10.1 Å². The van der Waals surface area contributed by atoms with Crippen molar-refractivity contribution in [2.45, 2.75) is 49.5 Å². The number of hydrogen-bond acceptors (Lipinski definition) is 4. The van der Waals surface area contributed by atoms with Gasteiger partial charge in [-0.15, -0.1) is 0 Å². The average molecular weight is 499 g/mol. The van der Waals surface area contributed by atoms with Crippen molar-refractivity contribution in [3.05, 3.63) is 58.6 Å². The van der Waals surface area contributed by atoms with Gasteiger partial charge in [-0.3, -0.25) is 9.10 Å². The standard InChI is InChI=1S/C23H28Cl2N2O4S/c24-21-13-12-18(16-22(21)25)27(32(29,30)20-10-5-2-6-11-20)17-23(28)26-14-7-15-31-19-8-3-1-4-9-19/h2,5-6,10-13,16,19H,1,3-4,7-9,14-15,17H2,(H,26,28). The molecule has 0 bridgehead atoms. The van der Waals surface area contributed by atoms with Gasteiger partial charge in [0.05, 0.1) is 26.7 Å². The minimum absolute atomic E-state index is 0.0831. The molecule has 0 aliphatic heterocycles. The summed E-state index contributed by atoms with van der Waals surface area (Å²) in [5.74, 6) is -0.409. The Morgan fingerprint density at radius 3 is 2.44 bits per heavy atom. The molecule has 1 fully saturated rings. The molecule has 174 valence electrons. The van der Waals surface area contributed by atoms with Crippen LogP contribution in [0.25, 0.3) is 0 Å². The third-order valence-electron chi connectivity index (χ3n) is 5.36. The number of carbonyl (C=O) groups excluding carboxylic acids is 1. The SMILES string of the molecule is O=C(CN(c1ccc(Cl)c(Cl)c1)S(=O)(=O)c1ccccc1)NCCCOC1CCCCC1. The molecule has 0 heterocycles. The van der Waals surface area contributed by atoms with E-state index >= 15 is 0 Å². The summed E-state index contributed by atoms with van der Waals surface area (Å²) in [6, 6.07) is 12.4. The first-order chi connectivity index (χ1) is 15.4. The molecule has 1 N–H and O–H groups in total. The van der Waals surface area contributed by atoms with Gasteiger partial charge in [0, 0.05) is 13.2 Å². The molecule has 1 saturated carbocycles. The fourth-order valence-corrected chi connectivity index (χ4v) is 5.37. The van der Waals surface area contributed by atoms with Gasteiger partial charge >= 0.3 is 0 Å². The summed E-state index contributed by atoms with van der Waals surface area (Å²) < 4.78 is 33.4. The number of benzene rings is 2. The number of halogens is 2. The molecule has 3 rings (SSSR count). The molecule has 0 spiro atoms. The number of carbonyl (C=O) groups is 1. The van der Waals surface area contributed by atoms with Crippen LogP contribution in [0.2, 0.25) is 10.0 Å². The van der Waals surface area contributed by atoms with Crippen molar-refractivity contribution in [3.63, 3.8) is 0 Å². The Bertz CT molecular complexity index is 996. The van der Waals surface area contributed by atoms with Crippen LogP contribution >= 0.6 is 23.2 Å². The van der Waals surface area contributed by atoms with Gasteiger partial charge in [-0.1, -0.05) is 60.7 Å². The Hall–Kier alpha value is -1.80. The van der Waals surface area contributed by atoms with Crippen molar-refractivity contribution in [3.8, 4) is 0 Å². The van der Waals surface area contributed by atoms with Crippen molar-refractivity contribution >= 4 is 44.8 Å². The predicted molar refractivity (Wildman–Crippen MR) is 128 cm³/mol. The number of ether oxygens (including phenoxy) is 1. The van der Waals surface area contributed by atoms with Crippen LogP contribution in [0.1, 0.15) is 38.5 Å². The molecule has 32 heavy (non-hydrogen) atoms. The topological polar surface area (TPSA) is 75.7 Å². The fourth-order valence-electron chi connectivity index (χ4n) is 3.64. The number of amides is 1. The van der Waals surface area contributed by atoms with Gasteiger partial charge in [-0.2, -0.15) is 0 Å². The van der Waals surface area contributed by atoms with Crippen LogP contribution in [0.15, 0.2) is 53.4 Å². The largest absolute Gasteiger partial charge is 0.378 e. The van der Waals surface area contributed by atoms with Crippen LogP contribution in [0.3, 0.4) is 0 Å². The Labute approximate surface area is 199 Å². The second-order valence-corrected chi connectivity index (χ2v) is 10.4. The monoisotopic (exact) mass is 498 g/mol. The van der Waals surface area contributed by atoms with Crippen molar-refractivity contribution < 1.29 is 17.9 Å². The summed E-state index contributed by atoms with van der Waals surface area (Å²) >= 11 is 12.1. The lowest BCUT2D eigenvalue weighted by atomic mass is 9.98. The molecular weight excluding hydrogens is 471 g/mol. The number of hydrogen-bond donors (Lipinski definition) is 1. The zero-order valence-electron chi connectivity index (χ0n) is 17.8. The lowest BCUT2D eigenvalue weighted by molar-refractivity contribution is -0.119. The molecule has 0 aromatic heterocycles. The highest BCUT2D eigenvalue weighted by molar-refractivity contribution is 7.92. The second-order valence-electron chi connectivity index (χ2n) is 7.76. The van der Waals surface area contributed by atoms with Crippen LogP contribution < -0.4 is 9.62 Å². The quantitative estimate of drug-likeness (QED) is 0.465. The normalized spacial score (nSPS) is 14.8. The Morgan fingerprint density at radius 1 is 1.03 bits per heavy atom. The summed E-state index contributed by atoms with van der Waals surface area (Å²) in [4.78, 5) is 12.7. The van der Waals surface area contributed by atoms with Crippen molar-refractivity contribution in [2.75, 3.05) is 24.0 Å². The molecule has 0 radical (unpaired) electrons. The fraction of sp³-hybridized carbons (Fsp3) is 0.435. The Kier molecular flexibility index (Phi) is 9.22. The van der Waals surface area contributed by atoms with Gasteiger partial charge in [0.15, 0.2) is 0 Å². The molecule has 9 heteroatoms. The van der Waals surface area contributed by atoms with Crippen LogP contribution in [0.4, 0.5) is 5.69 Å². The third kappa shape index (κ3) is 6.85.